The number of benzene rings is 1. The Morgan fingerprint density at radius 1 is 1.35 bits per heavy atom. The van der Waals surface area contributed by atoms with Gasteiger partial charge in [-0.1, -0.05) is 12.1 Å². The number of nitrogens with zero attached hydrogens (tertiary/aromatic N) is 2. The quantitative estimate of drug-likeness (QED) is 0.748. The summed E-state index contributed by atoms with van der Waals surface area (Å²) in [5.41, 5.74) is 1.03. The van der Waals surface area contributed by atoms with Crippen molar-refractivity contribution in [1.29, 1.82) is 0 Å². The van der Waals surface area contributed by atoms with Crippen molar-refractivity contribution in [2.45, 2.75) is 19.5 Å². The van der Waals surface area contributed by atoms with E-state index < -0.39 is 0 Å². The number of imidazole rings is 1. The SMILES string of the molecule is Fc1cccc(C[NH2+]CCCn2ccnc2)c1. The number of quaternary nitrogens is 1. The van der Waals surface area contributed by atoms with Crippen LogP contribution in [0, 0.1) is 5.82 Å². The molecule has 0 unspecified atom stereocenters. The van der Waals surface area contributed by atoms with Gasteiger partial charge in [-0.15, -0.1) is 0 Å². The van der Waals surface area contributed by atoms with Crippen molar-refractivity contribution in [2.75, 3.05) is 6.54 Å². The van der Waals surface area contributed by atoms with Crippen molar-refractivity contribution in [3.05, 3.63) is 54.4 Å². The molecule has 2 N–H and O–H groups in total. The number of nitrogens with two attached hydrogens (primary N) is 1. The fourth-order valence-electron chi connectivity index (χ4n) is 1.77. The molecule has 17 heavy (non-hydrogen) atoms. The molecule has 2 aromatic rings. The molecule has 0 saturated carbocycles. The zero-order valence-corrected chi connectivity index (χ0v) is 9.72. The van der Waals surface area contributed by atoms with Crippen LogP contribution in [0.15, 0.2) is 43.0 Å². The molecule has 0 spiro atoms. The summed E-state index contributed by atoms with van der Waals surface area (Å²) in [4.78, 5) is 3.99. The van der Waals surface area contributed by atoms with E-state index >= 15 is 0 Å². The second kappa shape index (κ2) is 6.15. The van der Waals surface area contributed by atoms with E-state index in [1.165, 1.54) is 6.07 Å². The van der Waals surface area contributed by atoms with Gasteiger partial charge in [-0.05, 0) is 12.1 Å². The van der Waals surface area contributed by atoms with Gasteiger partial charge < -0.3 is 9.88 Å². The van der Waals surface area contributed by atoms with Gasteiger partial charge in [-0.2, -0.15) is 0 Å². The Balaban J connectivity index is 1.63. The second-order valence-electron chi connectivity index (χ2n) is 4.07. The van der Waals surface area contributed by atoms with E-state index in [4.69, 9.17) is 0 Å². The van der Waals surface area contributed by atoms with Crippen molar-refractivity contribution in [2.24, 2.45) is 0 Å². The van der Waals surface area contributed by atoms with Crippen LogP contribution in [0.2, 0.25) is 0 Å². The third-order valence-electron chi connectivity index (χ3n) is 2.65. The lowest BCUT2D eigenvalue weighted by atomic mass is 10.2. The molecule has 0 bridgehead atoms. The van der Waals surface area contributed by atoms with Gasteiger partial charge in [0.05, 0.1) is 12.9 Å². The van der Waals surface area contributed by atoms with Gasteiger partial charge in [-0.3, -0.25) is 0 Å². The molecule has 1 heterocycles. The minimum Gasteiger partial charge on any atom is -0.342 e. The van der Waals surface area contributed by atoms with Crippen LogP contribution < -0.4 is 5.32 Å². The van der Waals surface area contributed by atoms with Crippen LogP contribution >= 0.6 is 0 Å². The van der Waals surface area contributed by atoms with E-state index in [0.717, 1.165) is 31.6 Å². The molecular weight excluding hydrogens is 217 g/mol. The highest BCUT2D eigenvalue weighted by Crippen LogP contribution is 2.00. The Hall–Kier alpha value is -1.68. The van der Waals surface area contributed by atoms with E-state index in [0.29, 0.717) is 0 Å². The predicted molar refractivity (Wildman–Crippen MR) is 63.7 cm³/mol. The molecule has 0 fully saturated rings. The first-order valence-electron chi connectivity index (χ1n) is 5.86. The average molecular weight is 234 g/mol. The Kier molecular flexibility index (Phi) is 4.27. The van der Waals surface area contributed by atoms with Crippen LogP contribution in [0.3, 0.4) is 0 Å². The highest BCUT2D eigenvalue weighted by Gasteiger charge is 1.97. The minimum atomic E-state index is -0.158. The molecule has 0 radical (unpaired) electrons. The summed E-state index contributed by atoms with van der Waals surface area (Å²) in [5, 5.41) is 2.20. The molecule has 1 aromatic carbocycles. The first-order valence-corrected chi connectivity index (χ1v) is 5.86. The van der Waals surface area contributed by atoms with Crippen molar-refractivity contribution >= 4 is 0 Å². The van der Waals surface area contributed by atoms with E-state index in [1.807, 2.05) is 18.6 Å². The van der Waals surface area contributed by atoms with E-state index in [1.54, 1.807) is 18.3 Å². The topological polar surface area (TPSA) is 34.4 Å². The monoisotopic (exact) mass is 234 g/mol. The van der Waals surface area contributed by atoms with Crippen molar-refractivity contribution in [3.8, 4) is 0 Å². The molecule has 0 aliphatic rings. The zero-order chi connectivity index (χ0) is 11.9. The summed E-state index contributed by atoms with van der Waals surface area (Å²) in [5.74, 6) is -0.158. The summed E-state index contributed by atoms with van der Waals surface area (Å²) in [6, 6.07) is 6.77. The number of rotatable bonds is 6. The molecule has 3 nitrogen and oxygen atoms in total. The highest BCUT2D eigenvalue weighted by atomic mass is 19.1. The van der Waals surface area contributed by atoms with Gasteiger partial charge in [0, 0.05) is 30.9 Å². The van der Waals surface area contributed by atoms with E-state index in [-0.39, 0.29) is 5.82 Å². The molecule has 0 aliphatic carbocycles. The summed E-state index contributed by atoms with van der Waals surface area (Å²) < 4.78 is 15.0. The van der Waals surface area contributed by atoms with Crippen LogP contribution in [0.25, 0.3) is 0 Å². The maximum Gasteiger partial charge on any atom is 0.123 e. The van der Waals surface area contributed by atoms with Gasteiger partial charge in [0.15, 0.2) is 0 Å². The van der Waals surface area contributed by atoms with Crippen molar-refractivity contribution < 1.29 is 9.71 Å². The Morgan fingerprint density at radius 2 is 2.29 bits per heavy atom. The number of halogens is 1. The normalized spacial score (nSPS) is 10.6. The maximum absolute atomic E-state index is 12.9. The average Bonchev–Trinajstić information content (AvgIpc) is 2.82. The van der Waals surface area contributed by atoms with Crippen LogP contribution in [-0.2, 0) is 13.1 Å². The number of hydrogen-bond donors (Lipinski definition) is 1. The lowest BCUT2D eigenvalue weighted by Gasteiger charge is -2.03. The third kappa shape index (κ3) is 4.00. The lowest BCUT2D eigenvalue weighted by Crippen LogP contribution is -2.82. The summed E-state index contributed by atoms with van der Waals surface area (Å²) in [7, 11) is 0. The molecule has 4 heteroatoms. The number of hydrogen-bond acceptors (Lipinski definition) is 1. The standard InChI is InChI=1S/C13H16FN3/c14-13-4-1-3-12(9-13)10-15-5-2-7-17-8-6-16-11-17/h1,3-4,6,8-9,11,15H,2,5,7,10H2/p+1. The van der Waals surface area contributed by atoms with Crippen LogP contribution in [0.1, 0.15) is 12.0 Å². The zero-order valence-electron chi connectivity index (χ0n) is 9.72. The van der Waals surface area contributed by atoms with E-state index in [9.17, 15) is 4.39 Å². The fraction of sp³-hybridized carbons (Fsp3) is 0.308. The third-order valence-corrected chi connectivity index (χ3v) is 2.65. The molecule has 1 aromatic heterocycles. The van der Waals surface area contributed by atoms with Gasteiger partial charge in [0.1, 0.15) is 12.4 Å². The lowest BCUT2D eigenvalue weighted by molar-refractivity contribution is -0.671. The summed E-state index contributed by atoms with van der Waals surface area (Å²) >= 11 is 0. The van der Waals surface area contributed by atoms with Crippen LogP contribution in [0.5, 0.6) is 0 Å². The Morgan fingerprint density at radius 3 is 3.06 bits per heavy atom. The van der Waals surface area contributed by atoms with Crippen LogP contribution in [-0.4, -0.2) is 16.1 Å². The fourth-order valence-corrected chi connectivity index (χ4v) is 1.77. The molecule has 2 rings (SSSR count). The molecule has 90 valence electrons. The first kappa shape index (κ1) is 11.8. The van der Waals surface area contributed by atoms with Crippen molar-refractivity contribution in [1.82, 2.24) is 9.55 Å². The Bertz CT molecular complexity index is 440. The van der Waals surface area contributed by atoms with Gasteiger partial charge in [0.25, 0.3) is 0 Å². The van der Waals surface area contributed by atoms with E-state index in [2.05, 4.69) is 14.9 Å². The second-order valence-corrected chi connectivity index (χ2v) is 4.07. The van der Waals surface area contributed by atoms with Gasteiger partial charge in [0.2, 0.25) is 0 Å². The molecule has 0 amide bonds. The molecular formula is C13H17FN3+. The molecule has 0 saturated heterocycles. The molecule has 0 atom stereocenters. The van der Waals surface area contributed by atoms with Gasteiger partial charge >= 0.3 is 0 Å². The number of aryl methyl sites for hydroxylation is 1. The van der Waals surface area contributed by atoms with Crippen LogP contribution in [0.4, 0.5) is 4.39 Å². The maximum atomic E-state index is 12.9. The molecule has 0 aliphatic heterocycles. The first-order chi connectivity index (χ1) is 8.34. The number of aromatic nitrogens is 2. The summed E-state index contributed by atoms with van der Waals surface area (Å²) in [6.45, 7) is 2.86. The smallest absolute Gasteiger partial charge is 0.123 e. The predicted octanol–water partition coefficient (Wildman–Crippen LogP) is 1.18. The highest BCUT2D eigenvalue weighted by molar-refractivity contribution is 5.14. The summed E-state index contributed by atoms with van der Waals surface area (Å²) in [6.07, 6.45) is 6.67. The Labute approximate surface area is 100 Å². The van der Waals surface area contributed by atoms with Crippen molar-refractivity contribution in [3.63, 3.8) is 0 Å². The van der Waals surface area contributed by atoms with Gasteiger partial charge in [-0.25, -0.2) is 9.37 Å². The largest absolute Gasteiger partial charge is 0.342 e. The minimum absolute atomic E-state index is 0.158.